The molecule has 2 rings (SSSR count). The molecule has 1 aliphatic rings. The summed E-state index contributed by atoms with van der Waals surface area (Å²) in [6.07, 6.45) is 7.78. The second-order valence-corrected chi connectivity index (χ2v) is 3.97. The average molecular weight is 195 g/mol. The molecular formula is C10H17N3O. The summed E-state index contributed by atoms with van der Waals surface area (Å²) in [7, 11) is 0. The van der Waals surface area contributed by atoms with E-state index in [1.165, 1.54) is 19.2 Å². The fourth-order valence-corrected chi connectivity index (χ4v) is 1.90. The van der Waals surface area contributed by atoms with Crippen molar-refractivity contribution < 1.29 is 4.42 Å². The number of nitrogens with zero attached hydrogens (tertiary/aromatic N) is 1. The van der Waals surface area contributed by atoms with Gasteiger partial charge in [-0.15, -0.1) is 0 Å². The normalized spacial score (nSPS) is 27.8. The van der Waals surface area contributed by atoms with E-state index >= 15 is 0 Å². The van der Waals surface area contributed by atoms with Gasteiger partial charge in [0.05, 0.1) is 5.69 Å². The fourth-order valence-electron chi connectivity index (χ4n) is 1.90. The molecule has 78 valence electrons. The second kappa shape index (κ2) is 4.57. The molecular weight excluding hydrogens is 178 g/mol. The quantitative estimate of drug-likeness (QED) is 0.756. The number of rotatable bonds is 3. The maximum Gasteiger partial charge on any atom is 0.180 e. The minimum atomic E-state index is 0.417. The highest BCUT2D eigenvalue weighted by Gasteiger charge is 2.17. The lowest BCUT2D eigenvalue weighted by molar-refractivity contribution is 0.340. The Kier molecular flexibility index (Phi) is 3.16. The van der Waals surface area contributed by atoms with Gasteiger partial charge in [-0.3, -0.25) is 0 Å². The molecule has 0 aliphatic heterocycles. The lowest BCUT2D eigenvalue weighted by Gasteiger charge is -2.26. The molecule has 14 heavy (non-hydrogen) atoms. The van der Waals surface area contributed by atoms with Gasteiger partial charge in [-0.2, -0.15) is 0 Å². The first-order chi connectivity index (χ1) is 6.84. The van der Waals surface area contributed by atoms with E-state index in [2.05, 4.69) is 10.3 Å². The van der Waals surface area contributed by atoms with Crippen LogP contribution in [0.4, 0.5) is 0 Å². The first-order valence-corrected chi connectivity index (χ1v) is 5.20. The Morgan fingerprint density at radius 2 is 2.21 bits per heavy atom. The summed E-state index contributed by atoms with van der Waals surface area (Å²) in [4.78, 5) is 4.06. The Morgan fingerprint density at radius 1 is 1.43 bits per heavy atom. The number of hydrogen-bond donors (Lipinski definition) is 2. The van der Waals surface area contributed by atoms with Crippen LogP contribution in [0, 0.1) is 0 Å². The van der Waals surface area contributed by atoms with Crippen molar-refractivity contribution in [2.45, 2.75) is 44.3 Å². The zero-order chi connectivity index (χ0) is 9.80. The molecule has 0 unspecified atom stereocenters. The molecule has 0 aromatic carbocycles. The van der Waals surface area contributed by atoms with Crippen LogP contribution in [0.25, 0.3) is 0 Å². The van der Waals surface area contributed by atoms with Gasteiger partial charge in [0.15, 0.2) is 6.39 Å². The maximum absolute atomic E-state index is 5.83. The van der Waals surface area contributed by atoms with Crippen molar-refractivity contribution in [3.8, 4) is 0 Å². The second-order valence-electron chi connectivity index (χ2n) is 3.97. The van der Waals surface area contributed by atoms with E-state index in [1.807, 2.05) is 0 Å². The van der Waals surface area contributed by atoms with Crippen molar-refractivity contribution in [2.75, 3.05) is 0 Å². The Hall–Kier alpha value is -0.870. The van der Waals surface area contributed by atoms with Crippen LogP contribution in [-0.4, -0.2) is 17.1 Å². The fraction of sp³-hybridized carbons (Fsp3) is 0.700. The predicted octanol–water partition coefficient (Wildman–Crippen LogP) is 1.03. The molecule has 4 heteroatoms. The summed E-state index contributed by atoms with van der Waals surface area (Å²) in [5.41, 5.74) is 6.80. The molecule has 0 spiro atoms. The van der Waals surface area contributed by atoms with Gasteiger partial charge in [-0.05, 0) is 25.7 Å². The third-order valence-electron chi connectivity index (χ3n) is 2.83. The Labute approximate surface area is 83.9 Å². The van der Waals surface area contributed by atoms with E-state index < -0.39 is 0 Å². The molecule has 1 heterocycles. The van der Waals surface area contributed by atoms with Gasteiger partial charge in [0, 0.05) is 18.6 Å². The largest absolute Gasteiger partial charge is 0.451 e. The topological polar surface area (TPSA) is 64.1 Å². The Morgan fingerprint density at radius 3 is 2.86 bits per heavy atom. The van der Waals surface area contributed by atoms with Crippen LogP contribution in [-0.2, 0) is 6.54 Å². The molecule has 1 fully saturated rings. The molecule has 0 amide bonds. The molecule has 0 radical (unpaired) electrons. The Balaban J connectivity index is 1.71. The van der Waals surface area contributed by atoms with E-state index in [0.29, 0.717) is 12.1 Å². The summed E-state index contributed by atoms with van der Waals surface area (Å²) in [6.45, 7) is 0.802. The number of aromatic nitrogens is 1. The highest BCUT2D eigenvalue weighted by Crippen LogP contribution is 2.17. The van der Waals surface area contributed by atoms with Crippen molar-refractivity contribution in [1.82, 2.24) is 10.3 Å². The zero-order valence-corrected chi connectivity index (χ0v) is 8.28. The predicted molar refractivity (Wildman–Crippen MR) is 53.6 cm³/mol. The maximum atomic E-state index is 5.83. The number of oxazole rings is 1. The molecule has 0 saturated heterocycles. The SMILES string of the molecule is NC1CCC(NCc2cocn2)CC1. The summed E-state index contributed by atoms with van der Waals surface area (Å²) in [5.74, 6) is 0. The van der Waals surface area contributed by atoms with Gasteiger partial charge in [-0.25, -0.2) is 4.98 Å². The smallest absolute Gasteiger partial charge is 0.180 e. The van der Waals surface area contributed by atoms with Crippen molar-refractivity contribution in [3.05, 3.63) is 18.4 Å². The highest BCUT2D eigenvalue weighted by atomic mass is 16.3. The van der Waals surface area contributed by atoms with Crippen LogP contribution in [0.15, 0.2) is 17.1 Å². The molecule has 1 aliphatic carbocycles. The standard InChI is InChI=1S/C10H17N3O/c11-8-1-3-9(4-2-8)12-5-10-6-14-7-13-10/h6-9,12H,1-5,11H2. The minimum Gasteiger partial charge on any atom is -0.451 e. The van der Waals surface area contributed by atoms with Crippen LogP contribution < -0.4 is 11.1 Å². The van der Waals surface area contributed by atoms with Crippen molar-refractivity contribution in [2.24, 2.45) is 5.73 Å². The van der Waals surface area contributed by atoms with Crippen molar-refractivity contribution in [1.29, 1.82) is 0 Å². The lowest BCUT2D eigenvalue weighted by Crippen LogP contribution is -2.37. The molecule has 1 aromatic heterocycles. The summed E-state index contributed by atoms with van der Waals surface area (Å²) < 4.78 is 4.90. The Bertz CT molecular complexity index is 252. The highest BCUT2D eigenvalue weighted by molar-refractivity contribution is 4.91. The van der Waals surface area contributed by atoms with E-state index in [9.17, 15) is 0 Å². The number of hydrogen-bond acceptors (Lipinski definition) is 4. The van der Waals surface area contributed by atoms with Crippen molar-refractivity contribution >= 4 is 0 Å². The number of nitrogens with one attached hydrogen (secondary N) is 1. The van der Waals surface area contributed by atoms with Gasteiger partial charge in [0.2, 0.25) is 0 Å². The molecule has 1 saturated carbocycles. The minimum absolute atomic E-state index is 0.417. The van der Waals surface area contributed by atoms with E-state index in [-0.39, 0.29) is 0 Å². The van der Waals surface area contributed by atoms with Crippen LogP contribution in [0.1, 0.15) is 31.4 Å². The zero-order valence-electron chi connectivity index (χ0n) is 8.28. The van der Waals surface area contributed by atoms with Crippen LogP contribution >= 0.6 is 0 Å². The number of nitrogens with two attached hydrogens (primary N) is 1. The van der Waals surface area contributed by atoms with Gasteiger partial charge >= 0.3 is 0 Å². The van der Waals surface area contributed by atoms with Gasteiger partial charge in [0.25, 0.3) is 0 Å². The third-order valence-corrected chi connectivity index (χ3v) is 2.83. The molecule has 4 nitrogen and oxygen atoms in total. The third kappa shape index (κ3) is 2.56. The lowest BCUT2D eigenvalue weighted by atomic mass is 9.92. The van der Waals surface area contributed by atoms with Crippen LogP contribution in [0.3, 0.4) is 0 Å². The van der Waals surface area contributed by atoms with Crippen molar-refractivity contribution in [3.63, 3.8) is 0 Å². The monoisotopic (exact) mass is 195 g/mol. The summed E-state index contributed by atoms with van der Waals surface area (Å²) >= 11 is 0. The van der Waals surface area contributed by atoms with Gasteiger partial charge in [-0.1, -0.05) is 0 Å². The van der Waals surface area contributed by atoms with E-state index in [4.69, 9.17) is 10.2 Å². The first kappa shape index (κ1) is 9.68. The molecule has 3 N–H and O–H groups in total. The van der Waals surface area contributed by atoms with E-state index in [0.717, 1.165) is 25.1 Å². The van der Waals surface area contributed by atoms with E-state index in [1.54, 1.807) is 6.26 Å². The van der Waals surface area contributed by atoms with Crippen LogP contribution in [0.2, 0.25) is 0 Å². The van der Waals surface area contributed by atoms with Gasteiger partial charge < -0.3 is 15.5 Å². The molecule has 0 bridgehead atoms. The average Bonchev–Trinajstić information content (AvgIpc) is 2.70. The first-order valence-electron chi connectivity index (χ1n) is 5.20. The summed E-state index contributed by atoms with van der Waals surface area (Å²) in [6, 6.07) is 1.02. The molecule has 0 atom stereocenters. The van der Waals surface area contributed by atoms with Gasteiger partial charge in [0.1, 0.15) is 6.26 Å². The molecule has 1 aromatic rings. The van der Waals surface area contributed by atoms with Crippen LogP contribution in [0.5, 0.6) is 0 Å². The summed E-state index contributed by atoms with van der Waals surface area (Å²) in [5, 5.41) is 3.47.